The molecule has 0 bridgehead atoms. The Kier molecular flexibility index (Phi) is 5.20. The lowest BCUT2D eigenvalue weighted by Gasteiger charge is -2.37. The predicted molar refractivity (Wildman–Crippen MR) is 89.6 cm³/mol. The lowest BCUT2D eigenvalue weighted by Crippen LogP contribution is -2.47. The van der Waals surface area contributed by atoms with Gasteiger partial charge >= 0.3 is 0 Å². The van der Waals surface area contributed by atoms with E-state index in [9.17, 15) is 0 Å². The molecule has 5 heteroatoms. The van der Waals surface area contributed by atoms with Gasteiger partial charge in [0.05, 0.1) is 19.3 Å². The highest BCUT2D eigenvalue weighted by Crippen LogP contribution is 2.21. The van der Waals surface area contributed by atoms with Gasteiger partial charge < -0.3 is 14.4 Å². The van der Waals surface area contributed by atoms with Crippen molar-refractivity contribution in [3.8, 4) is 0 Å². The minimum atomic E-state index is 0.288. The van der Waals surface area contributed by atoms with E-state index in [1.165, 1.54) is 5.56 Å². The van der Waals surface area contributed by atoms with Crippen LogP contribution in [0.1, 0.15) is 17.1 Å². The lowest BCUT2D eigenvalue weighted by molar-refractivity contribution is 0.0935. The average molecular weight is 313 g/mol. The monoisotopic (exact) mass is 313 g/mol. The summed E-state index contributed by atoms with van der Waals surface area (Å²) < 4.78 is 10.9. The number of anilines is 1. The summed E-state index contributed by atoms with van der Waals surface area (Å²) in [5.74, 6) is 1.70. The van der Waals surface area contributed by atoms with Crippen molar-refractivity contribution in [2.75, 3.05) is 31.8 Å². The van der Waals surface area contributed by atoms with E-state index in [1.807, 2.05) is 19.1 Å². The van der Waals surface area contributed by atoms with Gasteiger partial charge in [-0.15, -0.1) is 0 Å². The summed E-state index contributed by atoms with van der Waals surface area (Å²) in [6.07, 6.45) is 0.948. The highest BCUT2D eigenvalue weighted by molar-refractivity contribution is 5.42. The van der Waals surface area contributed by atoms with Crippen molar-refractivity contribution >= 4 is 5.82 Å². The standard InChI is InChI=1S/C18H23N3O2/c1-14-10-18(20-17(19-14)13-22-2)21-8-9-23-12-16(21)11-15-6-4-3-5-7-15/h3-7,10,16H,8-9,11-13H2,1-2H3/t16-/m0/s1. The van der Waals surface area contributed by atoms with Crippen LogP contribution in [-0.2, 0) is 22.5 Å². The second kappa shape index (κ2) is 7.53. The molecule has 1 aliphatic rings. The summed E-state index contributed by atoms with van der Waals surface area (Å²) in [6.45, 7) is 4.73. The number of rotatable bonds is 5. The largest absolute Gasteiger partial charge is 0.377 e. The fourth-order valence-electron chi connectivity index (χ4n) is 2.96. The average Bonchev–Trinajstić information content (AvgIpc) is 2.56. The van der Waals surface area contributed by atoms with Gasteiger partial charge in [-0.05, 0) is 18.9 Å². The van der Waals surface area contributed by atoms with Gasteiger partial charge in [-0.3, -0.25) is 0 Å². The van der Waals surface area contributed by atoms with Gasteiger partial charge in [0.1, 0.15) is 12.4 Å². The molecule has 2 aromatic rings. The maximum Gasteiger partial charge on any atom is 0.156 e. The summed E-state index contributed by atoms with van der Waals surface area (Å²) in [4.78, 5) is 11.4. The minimum Gasteiger partial charge on any atom is -0.377 e. The fourth-order valence-corrected chi connectivity index (χ4v) is 2.96. The van der Waals surface area contributed by atoms with Crippen LogP contribution in [0.4, 0.5) is 5.82 Å². The van der Waals surface area contributed by atoms with E-state index < -0.39 is 0 Å². The highest BCUT2D eigenvalue weighted by Gasteiger charge is 2.25. The molecule has 1 saturated heterocycles. The molecule has 0 radical (unpaired) electrons. The number of hydrogen-bond acceptors (Lipinski definition) is 5. The van der Waals surface area contributed by atoms with Crippen LogP contribution in [0.5, 0.6) is 0 Å². The molecule has 1 aliphatic heterocycles. The Morgan fingerprint density at radius 3 is 2.87 bits per heavy atom. The van der Waals surface area contributed by atoms with Crippen LogP contribution in [0.15, 0.2) is 36.4 Å². The van der Waals surface area contributed by atoms with Crippen LogP contribution in [-0.4, -0.2) is 42.9 Å². The zero-order valence-electron chi connectivity index (χ0n) is 13.7. The number of methoxy groups -OCH3 is 1. The molecule has 122 valence electrons. The van der Waals surface area contributed by atoms with Gasteiger partial charge in [-0.25, -0.2) is 9.97 Å². The summed E-state index contributed by atoms with van der Waals surface area (Å²) in [5.41, 5.74) is 2.28. The van der Waals surface area contributed by atoms with Crippen molar-refractivity contribution in [3.05, 3.63) is 53.5 Å². The van der Waals surface area contributed by atoms with Gasteiger partial charge in [-0.2, -0.15) is 0 Å². The lowest BCUT2D eigenvalue weighted by atomic mass is 10.0. The number of aryl methyl sites for hydroxylation is 1. The van der Waals surface area contributed by atoms with Crippen LogP contribution < -0.4 is 4.90 Å². The molecule has 2 heterocycles. The maximum absolute atomic E-state index is 5.70. The van der Waals surface area contributed by atoms with Crippen LogP contribution >= 0.6 is 0 Å². The SMILES string of the molecule is COCc1nc(C)cc(N2CCOC[C@@H]2Cc2ccccc2)n1. The van der Waals surface area contributed by atoms with Crippen molar-refractivity contribution in [2.45, 2.75) is 26.0 Å². The summed E-state index contributed by atoms with van der Waals surface area (Å²) >= 11 is 0. The number of aromatic nitrogens is 2. The molecule has 1 aromatic carbocycles. The third-order valence-corrected chi connectivity index (χ3v) is 4.00. The van der Waals surface area contributed by atoms with E-state index in [-0.39, 0.29) is 6.04 Å². The molecule has 3 rings (SSSR count). The van der Waals surface area contributed by atoms with Gasteiger partial charge in [0.2, 0.25) is 0 Å². The molecule has 0 aliphatic carbocycles. The fraction of sp³-hybridized carbons (Fsp3) is 0.444. The van der Waals surface area contributed by atoms with Gasteiger partial charge in [-0.1, -0.05) is 30.3 Å². The first kappa shape index (κ1) is 15.9. The third kappa shape index (κ3) is 4.06. The second-order valence-electron chi connectivity index (χ2n) is 5.83. The van der Waals surface area contributed by atoms with Gasteiger partial charge in [0.25, 0.3) is 0 Å². The van der Waals surface area contributed by atoms with E-state index in [4.69, 9.17) is 9.47 Å². The molecule has 1 fully saturated rings. The first-order valence-corrected chi connectivity index (χ1v) is 7.98. The number of nitrogens with zero attached hydrogens (tertiary/aromatic N) is 3. The van der Waals surface area contributed by atoms with Gasteiger partial charge in [0.15, 0.2) is 5.82 Å². The zero-order chi connectivity index (χ0) is 16.1. The number of benzene rings is 1. The number of hydrogen-bond donors (Lipinski definition) is 0. The normalized spacial score (nSPS) is 18.2. The molecule has 0 spiro atoms. The minimum absolute atomic E-state index is 0.288. The van der Waals surface area contributed by atoms with E-state index in [1.54, 1.807) is 7.11 Å². The molecular weight excluding hydrogens is 290 g/mol. The Balaban J connectivity index is 1.83. The van der Waals surface area contributed by atoms with Crippen molar-refractivity contribution in [2.24, 2.45) is 0 Å². The third-order valence-electron chi connectivity index (χ3n) is 4.00. The molecule has 0 unspecified atom stereocenters. The highest BCUT2D eigenvalue weighted by atomic mass is 16.5. The van der Waals surface area contributed by atoms with Crippen LogP contribution in [0.2, 0.25) is 0 Å². The van der Waals surface area contributed by atoms with E-state index in [0.29, 0.717) is 6.61 Å². The molecule has 0 amide bonds. The Labute approximate surface area is 137 Å². The Morgan fingerprint density at radius 2 is 2.09 bits per heavy atom. The van der Waals surface area contributed by atoms with Crippen molar-refractivity contribution in [3.63, 3.8) is 0 Å². The Hall–Kier alpha value is -1.98. The summed E-state index contributed by atoms with van der Waals surface area (Å²) in [5, 5.41) is 0. The Bertz CT molecular complexity index is 633. The molecule has 1 atom stereocenters. The van der Waals surface area contributed by atoms with E-state index in [2.05, 4.69) is 39.1 Å². The van der Waals surface area contributed by atoms with Gasteiger partial charge in [0, 0.05) is 25.4 Å². The molecule has 5 nitrogen and oxygen atoms in total. The van der Waals surface area contributed by atoms with Crippen molar-refractivity contribution < 1.29 is 9.47 Å². The predicted octanol–water partition coefficient (Wildman–Crippen LogP) is 2.38. The van der Waals surface area contributed by atoms with Crippen LogP contribution in [0.3, 0.4) is 0 Å². The summed E-state index contributed by atoms with van der Waals surface area (Å²) in [6, 6.07) is 12.9. The molecular formula is C18H23N3O2. The molecule has 1 aromatic heterocycles. The number of morpholine rings is 1. The molecule has 0 N–H and O–H groups in total. The van der Waals surface area contributed by atoms with E-state index in [0.717, 1.165) is 43.5 Å². The van der Waals surface area contributed by atoms with Crippen molar-refractivity contribution in [1.82, 2.24) is 9.97 Å². The first-order chi connectivity index (χ1) is 11.3. The number of ether oxygens (including phenoxy) is 2. The smallest absolute Gasteiger partial charge is 0.156 e. The molecule has 0 saturated carbocycles. The van der Waals surface area contributed by atoms with Crippen molar-refractivity contribution in [1.29, 1.82) is 0 Å². The topological polar surface area (TPSA) is 47.5 Å². The van der Waals surface area contributed by atoms with Crippen LogP contribution in [0.25, 0.3) is 0 Å². The second-order valence-corrected chi connectivity index (χ2v) is 5.83. The summed E-state index contributed by atoms with van der Waals surface area (Å²) in [7, 11) is 1.66. The molecule has 23 heavy (non-hydrogen) atoms. The maximum atomic E-state index is 5.70. The Morgan fingerprint density at radius 1 is 1.26 bits per heavy atom. The quantitative estimate of drug-likeness (QED) is 0.848. The van der Waals surface area contributed by atoms with Crippen LogP contribution in [0, 0.1) is 6.92 Å². The van der Waals surface area contributed by atoms with E-state index >= 15 is 0 Å². The first-order valence-electron chi connectivity index (χ1n) is 7.98. The zero-order valence-corrected chi connectivity index (χ0v) is 13.7.